The molecule has 0 unspecified atom stereocenters. The predicted octanol–water partition coefficient (Wildman–Crippen LogP) is 4.82. The molecule has 0 aliphatic heterocycles. The maximum Gasteiger partial charge on any atom is 0.191 e. The number of aromatic nitrogens is 1. The van der Waals surface area contributed by atoms with Crippen molar-refractivity contribution in [2.45, 2.75) is 44.6 Å². The zero-order valence-electron chi connectivity index (χ0n) is 16.1. The molecule has 0 spiro atoms. The van der Waals surface area contributed by atoms with Crippen molar-refractivity contribution >= 4 is 53.0 Å². The summed E-state index contributed by atoms with van der Waals surface area (Å²) < 4.78 is 0. The lowest BCUT2D eigenvalue weighted by molar-refractivity contribution is 0.773. The molecule has 4 nitrogen and oxygen atoms in total. The smallest absolute Gasteiger partial charge is 0.191 e. The van der Waals surface area contributed by atoms with Crippen LogP contribution in [-0.4, -0.2) is 30.8 Å². The van der Waals surface area contributed by atoms with E-state index in [0.717, 1.165) is 31.2 Å². The van der Waals surface area contributed by atoms with Crippen LogP contribution >= 0.6 is 47.1 Å². The second-order valence-electron chi connectivity index (χ2n) is 6.25. The topological polar surface area (TPSA) is 49.3 Å². The molecule has 7 heteroatoms. The number of hydrogen-bond acceptors (Lipinski definition) is 4. The third-order valence-electron chi connectivity index (χ3n) is 3.85. The third kappa shape index (κ3) is 7.08. The highest BCUT2D eigenvalue weighted by molar-refractivity contribution is 14.0. The molecule has 26 heavy (non-hydrogen) atoms. The minimum atomic E-state index is 0. The molecule has 1 aromatic heterocycles. The highest BCUT2D eigenvalue weighted by atomic mass is 127. The van der Waals surface area contributed by atoms with Crippen LogP contribution in [0.25, 0.3) is 0 Å². The Morgan fingerprint density at radius 3 is 2.69 bits per heavy atom. The van der Waals surface area contributed by atoms with Crippen molar-refractivity contribution in [1.82, 2.24) is 15.6 Å². The molecule has 2 aromatic rings. The number of thiazole rings is 1. The van der Waals surface area contributed by atoms with E-state index in [-0.39, 0.29) is 24.0 Å². The molecule has 1 aromatic carbocycles. The first-order valence-corrected chi connectivity index (χ1v) is 10.7. The van der Waals surface area contributed by atoms with E-state index in [4.69, 9.17) is 0 Å². The zero-order chi connectivity index (χ0) is 18.2. The van der Waals surface area contributed by atoms with Crippen molar-refractivity contribution in [2.75, 3.05) is 19.8 Å². The normalized spacial score (nSPS) is 11.4. The number of thioether (sulfide) groups is 1. The Balaban J connectivity index is 0.00000338. The first-order chi connectivity index (χ1) is 12.0. The summed E-state index contributed by atoms with van der Waals surface area (Å²) in [7, 11) is 1.81. The van der Waals surface area contributed by atoms with Gasteiger partial charge in [0.2, 0.25) is 0 Å². The summed E-state index contributed by atoms with van der Waals surface area (Å²) >= 11 is 3.53. The number of nitrogens with zero attached hydrogens (tertiary/aromatic N) is 2. The number of rotatable bonds is 7. The largest absolute Gasteiger partial charge is 0.356 e. The average Bonchev–Trinajstić information content (AvgIpc) is 3.07. The van der Waals surface area contributed by atoms with E-state index >= 15 is 0 Å². The van der Waals surface area contributed by atoms with Gasteiger partial charge in [-0.25, -0.2) is 4.98 Å². The van der Waals surface area contributed by atoms with Gasteiger partial charge in [-0.3, -0.25) is 4.99 Å². The van der Waals surface area contributed by atoms with Gasteiger partial charge < -0.3 is 10.6 Å². The van der Waals surface area contributed by atoms with Gasteiger partial charge in [0.05, 0.1) is 10.7 Å². The SMILES string of the molecule is CN=C(NCCc1csc(C(C)C)n1)NCc1ccc(C)cc1SC.I. The van der Waals surface area contributed by atoms with Crippen LogP contribution in [0.15, 0.2) is 33.5 Å². The summed E-state index contributed by atoms with van der Waals surface area (Å²) in [6, 6.07) is 6.57. The lowest BCUT2D eigenvalue weighted by atomic mass is 10.1. The molecule has 2 N–H and O–H groups in total. The van der Waals surface area contributed by atoms with Crippen LogP contribution < -0.4 is 10.6 Å². The van der Waals surface area contributed by atoms with Crippen LogP contribution in [-0.2, 0) is 13.0 Å². The molecule has 0 aliphatic carbocycles. The Bertz CT molecular complexity index is 713. The molecule has 0 fully saturated rings. The van der Waals surface area contributed by atoms with Gasteiger partial charge in [0.1, 0.15) is 0 Å². The van der Waals surface area contributed by atoms with E-state index in [2.05, 4.69) is 71.2 Å². The van der Waals surface area contributed by atoms with Gasteiger partial charge in [-0.15, -0.1) is 47.1 Å². The fraction of sp³-hybridized carbons (Fsp3) is 0.474. The molecule has 1 heterocycles. The molecular formula is C19H29IN4S2. The maximum absolute atomic E-state index is 4.67. The fourth-order valence-electron chi connectivity index (χ4n) is 2.41. The van der Waals surface area contributed by atoms with Gasteiger partial charge in [-0.2, -0.15) is 0 Å². The lowest BCUT2D eigenvalue weighted by Gasteiger charge is -2.13. The van der Waals surface area contributed by atoms with E-state index in [1.807, 2.05) is 0 Å². The van der Waals surface area contributed by atoms with E-state index in [1.165, 1.54) is 21.0 Å². The molecular weight excluding hydrogens is 475 g/mol. The van der Waals surface area contributed by atoms with E-state index in [1.54, 1.807) is 30.1 Å². The van der Waals surface area contributed by atoms with Crippen LogP contribution in [0.1, 0.15) is 41.6 Å². The number of benzene rings is 1. The molecule has 0 atom stereocenters. The summed E-state index contributed by atoms with van der Waals surface area (Å²) in [6.07, 6.45) is 3.02. The third-order valence-corrected chi connectivity index (χ3v) is 5.86. The number of nitrogens with one attached hydrogen (secondary N) is 2. The Morgan fingerprint density at radius 2 is 2.08 bits per heavy atom. The summed E-state index contributed by atoms with van der Waals surface area (Å²) in [6.45, 7) is 8.08. The van der Waals surface area contributed by atoms with Crippen molar-refractivity contribution in [1.29, 1.82) is 0 Å². The second kappa shape index (κ2) is 11.8. The lowest BCUT2D eigenvalue weighted by Crippen LogP contribution is -2.38. The van der Waals surface area contributed by atoms with Crippen molar-refractivity contribution in [3.63, 3.8) is 0 Å². The molecule has 0 radical (unpaired) electrons. The minimum absolute atomic E-state index is 0. The Hall–Kier alpha value is -0.800. The molecule has 0 saturated heterocycles. The Morgan fingerprint density at radius 1 is 1.31 bits per heavy atom. The fourth-order valence-corrected chi connectivity index (χ4v) is 3.98. The zero-order valence-corrected chi connectivity index (χ0v) is 20.1. The molecule has 0 bridgehead atoms. The highest BCUT2D eigenvalue weighted by Gasteiger charge is 2.07. The standard InChI is InChI=1S/C19H28N4S2.HI/c1-13(2)18-23-16(12-25-18)8-9-21-19(20-4)22-11-15-7-6-14(3)10-17(15)24-5;/h6-7,10,12-13H,8-9,11H2,1-5H3,(H2,20,21,22);1H. The quantitative estimate of drug-likeness (QED) is 0.246. The molecule has 0 aliphatic rings. The summed E-state index contributed by atoms with van der Waals surface area (Å²) in [5, 5.41) is 10.1. The average molecular weight is 505 g/mol. The molecule has 0 saturated carbocycles. The minimum Gasteiger partial charge on any atom is -0.356 e. The van der Waals surface area contributed by atoms with Crippen molar-refractivity contribution in [3.8, 4) is 0 Å². The van der Waals surface area contributed by atoms with Crippen molar-refractivity contribution in [3.05, 3.63) is 45.4 Å². The van der Waals surface area contributed by atoms with Crippen LogP contribution in [0, 0.1) is 6.92 Å². The van der Waals surface area contributed by atoms with Gasteiger partial charge in [-0.05, 0) is 30.4 Å². The molecule has 2 rings (SSSR count). The van der Waals surface area contributed by atoms with Gasteiger partial charge in [0.15, 0.2) is 5.96 Å². The Kier molecular flexibility index (Phi) is 10.6. The van der Waals surface area contributed by atoms with Crippen molar-refractivity contribution < 1.29 is 0 Å². The van der Waals surface area contributed by atoms with Crippen LogP contribution in [0.2, 0.25) is 0 Å². The molecule has 0 amide bonds. The number of aliphatic imine (C=N–C) groups is 1. The highest BCUT2D eigenvalue weighted by Crippen LogP contribution is 2.21. The van der Waals surface area contributed by atoms with E-state index in [9.17, 15) is 0 Å². The number of guanidine groups is 1. The maximum atomic E-state index is 4.67. The summed E-state index contributed by atoms with van der Waals surface area (Å²) in [5.74, 6) is 1.33. The second-order valence-corrected chi connectivity index (χ2v) is 7.99. The van der Waals surface area contributed by atoms with Crippen LogP contribution in [0.3, 0.4) is 0 Å². The summed E-state index contributed by atoms with van der Waals surface area (Å²) in [5.41, 5.74) is 3.74. The first kappa shape index (κ1) is 23.2. The van der Waals surface area contributed by atoms with Crippen LogP contribution in [0.4, 0.5) is 0 Å². The van der Waals surface area contributed by atoms with Gasteiger partial charge in [0.25, 0.3) is 0 Å². The van der Waals surface area contributed by atoms with Crippen LogP contribution in [0.5, 0.6) is 0 Å². The Labute approximate surface area is 182 Å². The monoisotopic (exact) mass is 504 g/mol. The number of halogens is 1. The van der Waals surface area contributed by atoms with Gasteiger partial charge in [0, 0.05) is 42.8 Å². The summed E-state index contributed by atoms with van der Waals surface area (Å²) in [4.78, 5) is 10.3. The van der Waals surface area contributed by atoms with E-state index < -0.39 is 0 Å². The van der Waals surface area contributed by atoms with Crippen molar-refractivity contribution in [2.24, 2.45) is 4.99 Å². The van der Waals surface area contributed by atoms with Gasteiger partial charge in [-0.1, -0.05) is 26.0 Å². The van der Waals surface area contributed by atoms with E-state index in [0.29, 0.717) is 5.92 Å². The molecule has 144 valence electrons. The van der Waals surface area contributed by atoms with Gasteiger partial charge >= 0.3 is 0 Å². The predicted molar refractivity (Wildman–Crippen MR) is 126 cm³/mol. The number of aryl methyl sites for hydroxylation is 1. The first-order valence-electron chi connectivity index (χ1n) is 8.55. The number of hydrogen-bond donors (Lipinski definition) is 2.